The van der Waals surface area contributed by atoms with Crippen LogP contribution in [0.3, 0.4) is 0 Å². The normalized spacial score (nSPS) is 19.8. The van der Waals surface area contributed by atoms with E-state index in [0.717, 1.165) is 5.56 Å². The number of amides is 2. The van der Waals surface area contributed by atoms with Gasteiger partial charge in [-0.3, -0.25) is 9.59 Å². The van der Waals surface area contributed by atoms with E-state index in [1.54, 1.807) is 36.3 Å². The largest absolute Gasteiger partial charge is 0.497 e. The average molecular weight is 396 g/mol. The standard InChI is InChI=1S/C23H29N3O3/c1-15(2)21(25-22(27)17-9-11-18(29-3)12-10-17)23(28)26-13-19(20(24)14-26)16-7-5-4-6-8-16/h4-12,15,19-21H,13-14,24H2,1-3H3,(H,25,27)/t19-,20+,21?/m0/s1. The van der Waals surface area contributed by atoms with Crippen molar-refractivity contribution in [2.45, 2.75) is 31.8 Å². The lowest BCUT2D eigenvalue weighted by molar-refractivity contribution is -0.133. The number of hydrogen-bond acceptors (Lipinski definition) is 4. The molecule has 0 spiro atoms. The summed E-state index contributed by atoms with van der Waals surface area (Å²) in [5, 5.41) is 2.90. The summed E-state index contributed by atoms with van der Waals surface area (Å²) >= 11 is 0. The molecule has 0 radical (unpaired) electrons. The zero-order valence-electron chi connectivity index (χ0n) is 17.2. The number of carbonyl (C=O) groups is 2. The number of benzene rings is 2. The van der Waals surface area contributed by atoms with Crippen LogP contribution in [0.5, 0.6) is 5.75 Å². The highest BCUT2D eigenvalue weighted by molar-refractivity contribution is 5.97. The first-order valence-electron chi connectivity index (χ1n) is 9.95. The van der Waals surface area contributed by atoms with E-state index in [4.69, 9.17) is 10.5 Å². The van der Waals surface area contributed by atoms with Crippen molar-refractivity contribution in [2.75, 3.05) is 20.2 Å². The molecule has 0 aliphatic carbocycles. The monoisotopic (exact) mass is 395 g/mol. The number of hydrogen-bond donors (Lipinski definition) is 2. The van der Waals surface area contributed by atoms with Gasteiger partial charge in [0.25, 0.3) is 5.91 Å². The van der Waals surface area contributed by atoms with Gasteiger partial charge < -0.3 is 20.7 Å². The summed E-state index contributed by atoms with van der Waals surface area (Å²) in [6.07, 6.45) is 0. The van der Waals surface area contributed by atoms with Gasteiger partial charge in [0.2, 0.25) is 5.91 Å². The fraction of sp³-hybridized carbons (Fsp3) is 0.391. The molecule has 1 aliphatic rings. The molecule has 154 valence electrons. The van der Waals surface area contributed by atoms with Crippen molar-refractivity contribution in [3.05, 3.63) is 65.7 Å². The highest BCUT2D eigenvalue weighted by Gasteiger charge is 2.37. The molecule has 1 unspecified atom stereocenters. The smallest absolute Gasteiger partial charge is 0.251 e. The van der Waals surface area contributed by atoms with Crippen molar-refractivity contribution in [1.82, 2.24) is 10.2 Å². The minimum Gasteiger partial charge on any atom is -0.497 e. The minimum atomic E-state index is -0.605. The minimum absolute atomic E-state index is 0.0447. The molecule has 0 saturated carbocycles. The van der Waals surface area contributed by atoms with Crippen molar-refractivity contribution in [3.8, 4) is 5.75 Å². The molecule has 6 nitrogen and oxygen atoms in total. The van der Waals surface area contributed by atoms with Gasteiger partial charge in [0.05, 0.1) is 7.11 Å². The number of methoxy groups -OCH3 is 1. The molecule has 2 aromatic carbocycles. The predicted molar refractivity (Wildman–Crippen MR) is 113 cm³/mol. The first-order chi connectivity index (χ1) is 13.9. The summed E-state index contributed by atoms with van der Waals surface area (Å²) in [7, 11) is 1.58. The van der Waals surface area contributed by atoms with Crippen LogP contribution < -0.4 is 15.8 Å². The highest BCUT2D eigenvalue weighted by Crippen LogP contribution is 2.27. The third-order valence-electron chi connectivity index (χ3n) is 5.48. The molecule has 29 heavy (non-hydrogen) atoms. The van der Waals surface area contributed by atoms with Crippen LogP contribution in [0.1, 0.15) is 35.7 Å². The van der Waals surface area contributed by atoms with Crippen LogP contribution in [0.4, 0.5) is 0 Å². The Bertz CT molecular complexity index is 836. The Morgan fingerprint density at radius 3 is 2.31 bits per heavy atom. The highest BCUT2D eigenvalue weighted by atomic mass is 16.5. The van der Waals surface area contributed by atoms with Gasteiger partial charge in [-0.25, -0.2) is 0 Å². The maximum absolute atomic E-state index is 13.2. The molecule has 0 bridgehead atoms. The van der Waals surface area contributed by atoms with Crippen molar-refractivity contribution in [1.29, 1.82) is 0 Å². The Labute approximate surface area is 172 Å². The molecular formula is C23H29N3O3. The second-order valence-corrected chi connectivity index (χ2v) is 7.85. The first-order valence-corrected chi connectivity index (χ1v) is 9.95. The van der Waals surface area contributed by atoms with Crippen LogP contribution >= 0.6 is 0 Å². The molecule has 3 atom stereocenters. The van der Waals surface area contributed by atoms with E-state index < -0.39 is 6.04 Å². The van der Waals surface area contributed by atoms with Gasteiger partial charge in [-0.2, -0.15) is 0 Å². The number of rotatable bonds is 6. The van der Waals surface area contributed by atoms with Crippen LogP contribution in [0.25, 0.3) is 0 Å². The van der Waals surface area contributed by atoms with Gasteiger partial charge in [-0.05, 0) is 35.7 Å². The molecule has 6 heteroatoms. The zero-order chi connectivity index (χ0) is 21.0. The second kappa shape index (κ2) is 9.09. The number of nitrogens with two attached hydrogens (primary N) is 1. The van der Waals surface area contributed by atoms with Crippen LogP contribution in [0, 0.1) is 5.92 Å². The molecule has 0 aromatic heterocycles. The molecule has 1 heterocycles. The first kappa shape index (κ1) is 20.9. The predicted octanol–water partition coefficient (Wildman–Crippen LogP) is 2.40. The Morgan fingerprint density at radius 1 is 1.07 bits per heavy atom. The lowest BCUT2D eigenvalue weighted by Crippen LogP contribution is -2.51. The Balaban J connectivity index is 1.70. The summed E-state index contributed by atoms with van der Waals surface area (Å²) in [5.41, 5.74) is 7.97. The van der Waals surface area contributed by atoms with Gasteiger partial charge in [0, 0.05) is 30.6 Å². The summed E-state index contributed by atoms with van der Waals surface area (Å²) in [4.78, 5) is 27.7. The molecule has 1 aliphatic heterocycles. The summed E-state index contributed by atoms with van der Waals surface area (Å²) in [6, 6.07) is 16.1. The van der Waals surface area contributed by atoms with E-state index in [1.165, 1.54) is 0 Å². The third kappa shape index (κ3) is 4.77. The molecule has 2 aromatic rings. The topological polar surface area (TPSA) is 84.7 Å². The van der Waals surface area contributed by atoms with Gasteiger partial charge in [0.15, 0.2) is 0 Å². The molecule has 3 rings (SSSR count). The Morgan fingerprint density at radius 2 is 1.72 bits per heavy atom. The molecule has 2 amide bonds. The molecule has 1 saturated heterocycles. The number of nitrogens with zero attached hydrogens (tertiary/aromatic N) is 1. The van der Waals surface area contributed by atoms with Gasteiger partial charge in [-0.1, -0.05) is 44.2 Å². The number of ether oxygens (including phenoxy) is 1. The molecular weight excluding hydrogens is 366 g/mol. The number of likely N-dealkylation sites (tertiary alicyclic amines) is 1. The van der Waals surface area contributed by atoms with Crippen LogP contribution in [0.15, 0.2) is 54.6 Å². The maximum atomic E-state index is 13.2. The van der Waals surface area contributed by atoms with Gasteiger partial charge in [0.1, 0.15) is 11.8 Å². The summed E-state index contributed by atoms with van der Waals surface area (Å²) < 4.78 is 5.13. The maximum Gasteiger partial charge on any atom is 0.251 e. The summed E-state index contributed by atoms with van der Waals surface area (Å²) in [5.74, 6) is 0.372. The van der Waals surface area contributed by atoms with E-state index in [0.29, 0.717) is 24.4 Å². The summed E-state index contributed by atoms with van der Waals surface area (Å²) in [6.45, 7) is 4.91. The SMILES string of the molecule is COc1ccc(C(=O)NC(C(=O)N2C[C@@H](N)[C@H](c3ccccc3)C2)C(C)C)cc1. The average Bonchev–Trinajstić information content (AvgIpc) is 3.13. The van der Waals surface area contributed by atoms with Crippen molar-refractivity contribution < 1.29 is 14.3 Å². The van der Waals surface area contributed by atoms with E-state index in [9.17, 15) is 9.59 Å². The number of nitrogens with one attached hydrogen (secondary N) is 1. The molecule has 1 fully saturated rings. The van der Waals surface area contributed by atoms with E-state index in [-0.39, 0.29) is 29.7 Å². The Hall–Kier alpha value is -2.86. The van der Waals surface area contributed by atoms with Gasteiger partial charge >= 0.3 is 0 Å². The van der Waals surface area contributed by atoms with Crippen molar-refractivity contribution in [3.63, 3.8) is 0 Å². The van der Waals surface area contributed by atoms with E-state index >= 15 is 0 Å². The van der Waals surface area contributed by atoms with Crippen molar-refractivity contribution in [2.24, 2.45) is 11.7 Å². The van der Waals surface area contributed by atoms with Crippen molar-refractivity contribution >= 4 is 11.8 Å². The van der Waals surface area contributed by atoms with E-state index in [1.807, 2.05) is 44.2 Å². The third-order valence-corrected chi connectivity index (χ3v) is 5.48. The molecule has 3 N–H and O–H groups in total. The van der Waals surface area contributed by atoms with Gasteiger partial charge in [-0.15, -0.1) is 0 Å². The van der Waals surface area contributed by atoms with E-state index in [2.05, 4.69) is 5.32 Å². The quantitative estimate of drug-likeness (QED) is 0.787. The second-order valence-electron chi connectivity index (χ2n) is 7.85. The van der Waals surface area contributed by atoms with Crippen LogP contribution in [-0.4, -0.2) is 49.0 Å². The Kier molecular flexibility index (Phi) is 6.54. The zero-order valence-corrected chi connectivity index (χ0v) is 17.2. The van der Waals surface area contributed by atoms with Crippen LogP contribution in [-0.2, 0) is 4.79 Å². The van der Waals surface area contributed by atoms with Crippen LogP contribution in [0.2, 0.25) is 0 Å². The lowest BCUT2D eigenvalue weighted by Gasteiger charge is -2.27. The lowest BCUT2D eigenvalue weighted by atomic mass is 9.95. The number of carbonyl (C=O) groups excluding carboxylic acids is 2. The fourth-order valence-electron chi connectivity index (χ4n) is 3.74. The fourth-order valence-corrected chi connectivity index (χ4v) is 3.74.